The van der Waals surface area contributed by atoms with Crippen LogP contribution < -0.4 is 5.32 Å². The Kier molecular flexibility index (Phi) is 9.03. The lowest BCUT2D eigenvalue weighted by atomic mass is 10.1. The molecule has 128 valence electrons. The zero-order valence-electron chi connectivity index (χ0n) is 14.7. The molecular weight excluding hydrogens is 288 g/mol. The van der Waals surface area contributed by atoms with Crippen molar-refractivity contribution >= 4 is 17.5 Å². The van der Waals surface area contributed by atoms with Crippen LogP contribution in [0.15, 0.2) is 24.3 Å². The lowest BCUT2D eigenvalue weighted by Crippen LogP contribution is -2.40. The largest absolute Gasteiger partial charge is 0.334 e. The summed E-state index contributed by atoms with van der Waals surface area (Å²) in [6.07, 6.45) is 6.16. The summed E-state index contributed by atoms with van der Waals surface area (Å²) in [5.41, 5.74) is 1.93. The zero-order chi connectivity index (χ0) is 17.1. The minimum Gasteiger partial charge on any atom is -0.334 e. The van der Waals surface area contributed by atoms with Crippen LogP contribution in [0.1, 0.15) is 58.4 Å². The fraction of sp³-hybridized carbons (Fsp3) is 0.579. The first kappa shape index (κ1) is 19.2. The van der Waals surface area contributed by atoms with Crippen molar-refractivity contribution in [3.05, 3.63) is 29.8 Å². The Balaban J connectivity index is 2.60. The number of amides is 2. The number of unbranched alkanes of at least 4 members (excludes halogenated alkanes) is 2. The second kappa shape index (κ2) is 10.8. The van der Waals surface area contributed by atoms with Crippen molar-refractivity contribution < 1.29 is 9.59 Å². The summed E-state index contributed by atoms with van der Waals surface area (Å²) >= 11 is 0. The number of rotatable bonds is 9. The topological polar surface area (TPSA) is 49.4 Å². The molecular formula is C19H30N2O2. The van der Waals surface area contributed by atoms with E-state index in [1.807, 2.05) is 31.2 Å². The van der Waals surface area contributed by atoms with Crippen LogP contribution in [-0.4, -0.2) is 29.8 Å². The molecule has 1 rings (SSSR count). The standard InChI is InChI=1S/C19H30N2O2/c1-4-7-9-16-10-12-17(13-11-16)20-18(22)19(23)21(14-6-3)15-8-5-2/h10-13H,4-9,14-15H2,1-3H3,(H,20,22). The highest BCUT2D eigenvalue weighted by Crippen LogP contribution is 2.12. The van der Waals surface area contributed by atoms with Gasteiger partial charge in [0, 0.05) is 18.8 Å². The Morgan fingerprint density at radius 2 is 1.57 bits per heavy atom. The molecule has 0 heterocycles. The number of nitrogens with zero attached hydrogens (tertiary/aromatic N) is 1. The number of nitrogens with one attached hydrogen (secondary N) is 1. The Morgan fingerprint density at radius 3 is 2.13 bits per heavy atom. The average Bonchev–Trinajstić information content (AvgIpc) is 2.57. The molecule has 0 aliphatic rings. The molecule has 4 heteroatoms. The summed E-state index contributed by atoms with van der Waals surface area (Å²) in [6, 6.07) is 7.76. The van der Waals surface area contributed by atoms with E-state index < -0.39 is 11.8 Å². The van der Waals surface area contributed by atoms with Gasteiger partial charge in [-0.2, -0.15) is 0 Å². The van der Waals surface area contributed by atoms with Gasteiger partial charge in [-0.05, 0) is 43.4 Å². The molecule has 0 spiro atoms. The number of anilines is 1. The summed E-state index contributed by atoms with van der Waals surface area (Å²) in [7, 11) is 0. The van der Waals surface area contributed by atoms with Crippen LogP contribution in [-0.2, 0) is 16.0 Å². The molecule has 0 radical (unpaired) electrons. The van der Waals surface area contributed by atoms with Gasteiger partial charge < -0.3 is 10.2 Å². The van der Waals surface area contributed by atoms with E-state index in [2.05, 4.69) is 19.2 Å². The van der Waals surface area contributed by atoms with Gasteiger partial charge in [0.2, 0.25) is 0 Å². The molecule has 1 N–H and O–H groups in total. The van der Waals surface area contributed by atoms with Crippen molar-refractivity contribution in [1.82, 2.24) is 4.90 Å². The van der Waals surface area contributed by atoms with Gasteiger partial charge in [0.25, 0.3) is 0 Å². The van der Waals surface area contributed by atoms with E-state index in [0.29, 0.717) is 18.8 Å². The molecule has 0 atom stereocenters. The van der Waals surface area contributed by atoms with E-state index >= 15 is 0 Å². The summed E-state index contributed by atoms with van der Waals surface area (Å²) in [6.45, 7) is 7.53. The van der Waals surface area contributed by atoms with Crippen LogP contribution in [0.5, 0.6) is 0 Å². The van der Waals surface area contributed by atoms with Gasteiger partial charge >= 0.3 is 11.8 Å². The van der Waals surface area contributed by atoms with Crippen LogP contribution >= 0.6 is 0 Å². The monoisotopic (exact) mass is 318 g/mol. The van der Waals surface area contributed by atoms with Crippen molar-refractivity contribution in [2.75, 3.05) is 18.4 Å². The highest BCUT2D eigenvalue weighted by molar-refractivity contribution is 6.39. The minimum atomic E-state index is -0.545. The molecule has 0 aliphatic carbocycles. The molecule has 2 amide bonds. The number of carbonyl (C=O) groups excluding carboxylic acids is 2. The maximum absolute atomic E-state index is 12.3. The van der Waals surface area contributed by atoms with Gasteiger partial charge in [0.05, 0.1) is 0 Å². The van der Waals surface area contributed by atoms with Crippen molar-refractivity contribution in [2.45, 2.75) is 59.3 Å². The molecule has 4 nitrogen and oxygen atoms in total. The van der Waals surface area contributed by atoms with Crippen molar-refractivity contribution in [2.24, 2.45) is 0 Å². The molecule has 1 aromatic rings. The van der Waals surface area contributed by atoms with E-state index in [4.69, 9.17) is 0 Å². The van der Waals surface area contributed by atoms with Crippen molar-refractivity contribution in [3.63, 3.8) is 0 Å². The Bertz CT molecular complexity index is 483. The second-order valence-corrected chi connectivity index (χ2v) is 5.90. The predicted octanol–water partition coefficient (Wildman–Crippen LogP) is 4.01. The van der Waals surface area contributed by atoms with Crippen molar-refractivity contribution in [3.8, 4) is 0 Å². The van der Waals surface area contributed by atoms with Crippen LogP contribution in [0, 0.1) is 0 Å². The fourth-order valence-electron chi connectivity index (χ4n) is 2.40. The second-order valence-electron chi connectivity index (χ2n) is 5.90. The molecule has 0 aliphatic heterocycles. The number of hydrogen-bond acceptors (Lipinski definition) is 2. The van der Waals surface area contributed by atoms with Gasteiger partial charge in [-0.1, -0.05) is 45.7 Å². The van der Waals surface area contributed by atoms with E-state index in [0.717, 1.165) is 38.5 Å². The van der Waals surface area contributed by atoms with E-state index in [-0.39, 0.29) is 0 Å². The SMILES string of the molecule is CCCCc1ccc(NC(=O)C(=O)N(CCC)CCCC)cc1. The van der Waals surface area contributed by atoms with Crippen molar-refractivity contribution in [1.29, 1.82) is 0 Å². The van der Waals surface area contributed by atoms with Crippen LogP contribution in [0.4, 0.5) is 5.69 Å². The average molecular weight is 318 g/mol. The highest BCUT2D eigenvalue weighted by atomic mass is 16.2. The molecule has 0 bridgehead atoms. The molecule has 0 unspecified atom stereocenters. The third-order valence-corrected chi connectivity index (χ3v) is 3.79. The summed E-state index contributed by atoms with van der Waals surface area (Å²) in [4.78, 5) is 26.1. The Labute approximate surface area is 140 Å². The lowest BCUT2D eigenvalue weighted by molar-refractivity contribution is -0.143. The maximum atomic E-state index is 12.3. The van der Waals surface area contributed by atoms with Gasteiger partial charge in [0.1, 0.15) is 0 Å². The van der Waals surface area contributed by atoms with E-state index in [1.54, 1.807) is 4.90 Å². The van der Waals surface area contributed by atoms with Crippen LogP contribution in [0.2, 0.25) is 0 Å². The first-order valence-corrected chi connectivity index (χ1v) is 8.81. The predicted molar refractivity (Wildman–Crippen MR) is 95.5 cm³/mol. The molecule has 0 aromatic heterocycles. The minimum absolute atomic E-state index is 0.435. The highest BCUT2D eigenvalue weighted by Gasteiger charge is 2.20. The lowest BCUT2D eigenvalue weighted by Gasteiger charge is -2.21. The molecule has 1 aromatic carbocycles. The summed E-state index contributed by atoms with van der Waals surface area (Å²) in [5, 5.41) is 2.71. The first-order chi connectivity index (χ1) is 11.1. The Morgan fingerprint density at radius 1 is 0.913 bits per heavy atom. The molecule has 0 saturated carbocycles. The van der Waals surface area contributed by atoms with E-state index in [9.17, 15) is 9.59 Å². The van der Waals surface area contributed by atoms with Crippen LogP contribution in [0.3, 0.4) is 0 Å². The smallest absolute Gasteiger partial charge is 0.313 e. The van der Waals surface area contributed by atoms with Gasteiger partial charge in [-0.25, -0.2) is 0 Å². The third-order valence-electron chi connectivity index (χ3n) is 3.79. The van der Waals surface area contributed by atoms with Gasteiger partial charge in [0.15, 0.2) is 0 Å². The molecule has 0 fully saturated rings. The number of benzene rings is 1. The normalized spacial score (nSPS) is 10.4. The third kappa shape index (κ3) is 6.85. The van der Waals surface area contributed by atoms with E-state index in [1.165, 1.54) is 5.56 Å². The Hall–Kier alpha value is -1.84. The van der Waals surface area contributed by atoms with Gasteiger partial charge in [-0.15, -0.1) is 0 Å². The van der Waals surface area contributed by atoms with Gasteiger partial charge in [-0.3, -0.25) is 9.59 Å². The fourth-order valence-corrected chi connectivity index (χ4v) is 2.40. The molecule has 0 saturated heterocycles. The zero-order valence-corrected chi connectivity index (χ0v) is 14.7. The first-order valence-electron chi connectivity index (χ1n) is 8.81. The maximum Gasteiger partial charge on any atom is 0.313 e. The molecule has 23 heavy (non-hydrogen) atoms. The quantitative estimate of drug-likeness (QED) is 0.699. The summed E-state index contributed by atoms with van der Waals surface area (Å²) in [5.74, 6) is -0.980. The number of hydrogen-bond donors (Lipinski definition) is 1. The van der Waals surface area contributed by atoms with Crippen LogP contribution in [0.25, 0.3) is 0 Å². The number of aryl methyl sites for hydroxylation is 1. The summed E-state index contributed by atoms with van der Waals surface area (Å²) < 4.78 is 0. The number of carbonyl (C=O) groups is 2.